The lowest BCUT2D eigenvalue weighted by Crippen LogP contribution is -2.42. The van der Waals surface area contributed by atoms with Crippen molar-refractivity contribution in [2.45, 2.75) is 6.42 Å². The van der Waals surface area contributed by atoms with Crippen LogP contribution in [0.2, 0.25) is 0 Å². The molecule has 3 rings (SSSR count). The summed E-state index contributed by atoms with van der Waals surface area (Å²) in [7, 11) is 0. The van der Waals surface area contributed by atoms with Crippen molar-refractivity contribution in [2.24, 2.45) is 5.92 Å². The van der Waals surface area contributed by atoms with E-state index in [1.165, 1.54) is 0 Å². The topological polar surface area (TPSA) is 60.2 Å². The van der Waals surface area contributed by atoms with Crippen LogP contribution in [0, 0.1) is 17.2 Å². The maximum absolute atomic E-state index is 12.5. The molecule has 2 aliphatic heterocycles. The highest BCUT2D eigenvalue weighted by molar-refractivity contribution is 7.99. The fourth-order valence-electron chi connectivity index (χ4n) is 2.87. The van der Waals surface area contributed by atoms with Crippen LogP contribution in [0.1, 0.15) is 12.1 Å². The lowest BCUT2D eigenvalue weighted by Gasteiger charge is -2.29. The summed E-state index contributed by atoms with van der Waals surface area (Å²) in [6.07, 6.45) is 0.876. The van der Waals surface area contributed by atoms with E-state index in [2.05, 4.69) is 16.0 Å². The highest BCUT2D eigenvalue weighted by Gasteiger charge is 2.32. The van der Waals surface area contributed by atoms with Gasteiger partial charge in [0, 0.05) is 37.7 Å². The van der Waals surface area contributed by atoms with Crippen LogP contribution in [0.25, 0.3) is 0 Å². The predicted molar refractivity (Wildman–Crippen MR) is 83.2 cm³/mol. The van der Waals surface area contributed by atoms with Crippen molar-refractivity contribution in [1.29, 1.82) is 5.26 Å². The Morgan fingerprint density at radius 3 is 2.90 bits per heavy atom. The molecule has 0 aromatic carbocycles. The van der Waals surface area contributed by atoms with Gasteiger partial charge in [-0.05, 0) is 18.6 Å². The summed E-state index contributed by atoms with van der Waals surface area (Å²) in [5.74, 6) is 3.26. The normalized spacial score (nSPS) is 22.1. The molecule has 110 valence electrons. The maximum atomic E-state index is 12.5. The lowest BCUT2D eigenvalue weighted by atomic mass is 10.1. The SMILES string of the molecule is N#Cc1cccc(N2CCC(C(=O)N3CCSCC3)C2)n1. The van der Waals surface area contributed by atoms with Crippen molar-refractivity contribution in [3.63, 3.8) is 0 Å². The average Bonchev–Trinajstić information content (AvgIpc) is 3.05. The molecular formula is C15H18N4OS. The van der Waals surface area contributed by atoms with E-state index in [1.807, 2.05) is 28.8 Å². The summed E-state index contributed by atoms with van der Waals surface area (Å²) in [5.41, 5.74) is 0.426. The summed E-state index contributed by atoms with van der Waals surface area (Å²) in [6.45, 7) is 3.30. The first kappa shape index (κ1) is 14.2. The third kappa shape index (κ3) is 3.13. The van der Waals surface area contributed by atoms with Crippen molar-refractivity contribution in [3.8, 4) is 6.07 Å². The molecule has 1 amide bonds. The number of hydrogen-bond acceptors (Lipinski definition) is 5. The minimum absolute atomic E-state index is 0.0700. The molecule has 0 N–H and O–H groups in total. The Hall–Kier alpha value is -1.74. The van der Waals surface area contributed by atoms with E-state index >= 15 is 0 Å². The Labute approximate surface area is 128 Å². The molecule has 3 heterocycles. The van der Waals surface area contributed by atoms with Gasteiger partial charge in [-0.25, -0.2) is 4.98 Å². The van der Waals surface area contributed by atoms with Gasteiger partial charge in [-0.2, -0.15) is 17.0 Å². The quantitative estimate of drug-likeness (QED) is 0.825. The number of rotatable bonds is 2. The second-order valence-electron chi connectivity index (χ2n) is 5.36. The molecule has 1 aromatic rings. The van der Waals surface area contributed by atoms with Crippen LogP contribution in [0.15, 0.2) is 18.2 Å². The molecule has 0 bridgehead atoms. The second-order valence-corrected chi connectivity index (χ2v) is 6.59. The van der Waals surface area contributed by atoms with Gasteiger partial charge < -0.3 is 9.80 Å². The van der Waals surface area contributed by atoms with Crippen LogP contribution < -0.4 is 4.90 Å². The third-order valence-electron chi connectivity index (χ3n) is 4.03. The van der Waals surface area contributed by atoms with Crippen LogP contribution >= 0.6 is 11.8 Å². The number of thioether (sulfide) groups is 1. The fraction of sp³-hybridized carbons (Fsp3) is 0.533. The number of amides is 1. The van der Waals surface area contributed by atoms with Crippen molar-refractivity contribution in [3.05, 3.63) is 23.9 Å². The van der Waals surface area contributed by atoms with E-state index < -0.39 is 0 Å². The molecule has 0 spiro atoms. The number of nitriles is 1. The number of hydrogen-bond donors (Lipinski definition) is 0. The second kappa shape index (κ2) is 6.35. The number of carbonyl (C=O) groups excluding carboxylic acids is 1. The molecule has 5 nitrogen and oxygen atoms in total. The lowest BCUT2D eigenvalue weighted by molar-refractivity contribution is -0.134. The first-order valence-corrected chi connectivity index (χ1v) is 8.42. The van der Waals surface area contributed by atoms with Crippen molar-refractivity contribution < 1.29 is 4.79 Å². The molecule has 2 aliphatic rings. The van der Waals surface area contributed by atoms with Crippen molar-refractivity contribution in [2.75, 3.05) is 42.6 Å². The Balaban J connectivity index is 1.64. The highest BCUT2D eigenvalue weighted by atomic mass is 32.2. The van der Waals surface area contributed by atoms with Gasteiger partial charge in [-0.15, -0.1) is 0 Å². The highest BCUT2D eigenvalue weighted by Crippen LogP contribution is 2.24. The molecule has 21 heavy (non-hydrogen) atoms. The number of aromatic nitrogens is 1. The molecule has 0 saturated carbocycles. The maximum Gasteiger partial charge on any atom is 0.227 e. The molecule has 6 heteroatoms. The monoisotopic (exact) mass is 302 g/mol. The number of pyridine rings is 1. The number of anilines is 1. The largest absolute Gasteiger partial charge is 0.356 e. The van der Waals surface area contributed by atoms with Gasteiger partial charge in [0.1, 0.15) is 17.6 Å². The van der Waals surface area contributed by atoms with E-state index in [0.29, 0.717) is 12.2 Å². The minimum Gasteiger partial charge on any atom is -0.356 e. The number of nitrogens with zero attached hydrogens (tertiary/aromatic N) is 4. The standard InChI is InChI=1S/C15H18N4OS/c16-10-13-2-1-3-14(17-13)19-5-4-12(11-19)15(20)18-6-8-21-9-7-18/h1-3,12H,4-9,11H2. The van der Waals surface area contributed by atoms with Gasteiger partial charge in [0.05, 0.1) is 5.92 Å². The molecular weight excluding hydrogens is 284 g/mol. The van der Waals surface area contributed by atoms with Gasteiger partial charge in [-0.1, -0.05) is 6.07 Å². The van der Waals surface area contributed by atoms with Gasteiger partial charge >= 0.3 is 0 Å². The summed E-state index contributed by atoms with van der Waals surface area (Å²) < 4.78 is 0. The van der Waals surface area contributed by atoms with Crippen LogP contribution in [0.3, 0.4) is 0 Å². The van der Waals surface area contributed by atoms with Crippen molar-refractivity contribution in [1.82, 2.24) is 9.88 Å². The fourth-order valence-corrected chi connectivity index (χ4v) is 3.78. The van der Waals surface area contributed by atoms with Gasteiger partial charge in [0.25, 0.3) is 0 Å². The smallest absolute Gasteiger partial charge is 0.227 e. The molecule has 2 fully saturated rings. The van der Waals surface area contributed by atoms with Crippen LogP contribution in [0.5, 0.6) is 0 Å². The number of carbonyl (C=O) groups is 1. The Bertz CT molecular complexity index is 565. The zero-order chi connectivity index (χ0) is 14.7. The van der Waals surface area contributed by atoms with E-state index in [0.717, 1.165) is 43.4 Å². The molecule has 2 saturated heterocycles. The Kier molecular flexibility index (Phi) is 4.30. The first-order chi connectivity index (χ1) is 10.3. The van der Waals surface area contributed by atoms with Crippen LogP contribution in [-0.2, 0) is 4.79 Å². The summed E-state index contributed by atoms with van der Waals surface area (Å²) in [5, 5.41) is 8.92. The third-order valence-corrected chi connectivity index (χ3v) is 4.98. The first-order valence-electron chi connectivity index (χ1n) is 7.26. The minimum atomic E-state index is 0.0700. The van der Waals surface area contributed by atoms with E-state index in [4.69, 9.17) is 5.26 Å². The van der Waals surface area contributed by atoms with E-state index in [1.54, 1.807) is 6.07 Å². The molecule has 1 atom stereocenters. The zero-order valence-electron chi connectivity index (χ0n) is 11.9. The Morgan fingerprint density at radius 2 is 2.14 bits per heavy atom. The summed E-state index contributed by atoms with van der Waals surface area (Å²) in [6, 6.07) is 7.52. The van der Waals surface area contributed by atoms with Gasteiger partial charge in [0.2, 0.25) is 5.91 Å². The molecule has 1 aromatic heterocycles. The van der Waals surface area contributed by atoms with E-state index in [-0.39, 0.29) is 11.8 Å². The molecule has 0 radical (unpaired) electrons. The van der Waals surface area contributed by atoms with Gasteiger partial charge in [0.15, 0.2) is 0 Å². The summed E-state index contributed by atoms with van der Waals surface area (Å²) >= 11 is 1.92. The Morgan fingerprint density at radius 1 is 1.33 bits per heavy atom. The van der Waals surface area contributed by atoms with Gasteiger partial charge in [-0.3, -0.25) is 4.79 Å². The predicted octanol–water partition coefficient (Wildman–Crippen LogP) is 1.35. The van der Waals surface area contributed by atoms with E-state index in [9.17, 15) is 4.79 Å². The van der Waals surface area contributed by atoms with Crippen LogP contribution in [0.4, 0.5) is 5.82 Å². The van der Waals surface area contributed by atoms with Crippen LogP contribution in [-0.4, -0.2) is 53.5 Å². The summed E-state index contributed by atoms with van der Waals surface area (Å²) in [4.78, 5) is 21.0. The molecule has 1 unspecified atom stereocenters. The molecule has 0 aliphatic carbocycles. The average molecular weight is 302 g/mol. The zero-order valence-corrected chi connectivity index (χ0v) is 12.7. The van der Waals surface area contributed by atoms with Crippen molar-refractivity contribution >= 4 is 23.5 Å².